The highest BCUT2D eigenvalue weighted by atomic mass is 16.4. The van der Waals surface area contributed by atoms with Gasteiger partial charge in [0.25, 0.3) is 0 Å². The molecule has 0 aliphatic heterocycles. The number of fused-ring (bicyclic) bond motifs is 7. The van der Waals surface area contributed by atoms with E-state index in [1.54, 1.807) is 6.92 Å². The zero-order valence-corrected chi connectivity index (χ0v) is 30.2. The van der Waals surface area contributed by atoms with Gasteiger partial charge in [0.2, 0.25) is 5.91 Å². The van der Waals surface area contributed by atoms with Crippen molar-refractivity contribution in [3.05, 3.63) is 0 Å². The second-order valence-corrected chi connectivity index (χ2v) is 18.2. The molecular formula is C40H67NO5. The van der Waals surface area contributed by atoms with Crippen molar-refractivity contribution in [2.24, 2.45) is 56.7 Å². The summed E-state index contributed by atoms with van der Waals surface area (Å²) in [4.78, 5) is 38.1. The van der Waals surface area contributed by atoms with Crippen molar-refractivity contribution in [3.8, 4) is 0 Å². The molecule has 0 radical (unpaired) electrons. The first-order valence-corrected chi connectivity index (χ1v) is 19.3. The van der Waals surface area contributed by atoms with Crippen molar-refractivity contribution in [3.63, 3.8) is 0 Å². The van der Waals surface area contributed by atoms with Crippen LogP contribution < -0.4 is 5.32 Å². The maximum atomic E-state index is 14.2. The van der Waals surface area contributed by atoms with Crippen LogP contribution in [0.15, 0.2) is 0 Å². The Morgan fingerprint density at radius 2 is 1.35 bits per heavy atom. The number of carbonyl (C=O) groups excluding carboxylic acids is 2. The van der Waals surface area contributed by atoms with Crippen LogP contribution in [0.4, 0.5) is 0 Å². The van der Waals surface area contributed by atoms with Gasteiger partial charge in [-0.05, 0) is 129 Å². The number of nitrogens with one attached hydrogen (secondary N) is 1. The number of hydrogen-bond acceptors (Lipinski definition) is 4. The standard InChI is InChI=1S/C40H67NO5/c1-27(42)28-18-23-40(35(46)41-26-14-12-10-8-7-9-11-13-15-33(44)45)25-24-38(5)29(34(28)40)16-17-31-37(4)21-20-32(43)36(2,3)30(37)19-22-39(31,38)6/h28-32,34,43H,7-26H2,1-6H3,(H,41,46)(H,44,45). The van der Waals surface area contributed by atoms with Crippen LogP contribution in [0, 0.1) is 56.7 Å². The van der Waals surface area contributed by atoms with E-state index >= 15 is 0 Å². The molecule has 10 unspecified atom stereocenters. The van der Waals surface area contributed by atoms with Crippen molar-refractivity contribution in [2.45, 2.75) is 170 Å². The molecule has 5 aliphatic rings. The number of aliphatic hydroxyl groups is 1. The van der Waals surface area contributed by atoms with Crippen LogP contribution in [0.2, 0.25) is 0 Å². The van der Waals surface area contributed by atoms with E-state index in [0.29, 0.717) is 17.8 Å². The molecule has 0 heterocycles. The van der Waals surface area contributed by atoms with Gasteiger partial charge in [0.1, 0.15) is 5.78 Å². The predicted octanol–water partition coefficient (Wildman–Crippen LogP) is 8.73. The molecule has 3 N–H and O–H groups in total. The van der Waals surface area contributed by atoms with Gasteiger partial charge in [0.15, 0.2) is 0 Å². The van der Waals surface area contributed by atoms with E-state index in [9.17, 15) is 19.5 Å². The lowest BCUT2D eigenvalue weighted by atomic mass is 9.32. The number of unbranched alkanes of at least 4 members (excludes halogenated alkanes) is 7. The predicted molar refractivity (Wildman–Crippen MR) is 183 cm³/mol. The molecule has 0 spiro atoms. The number of carboxylic acid groups (broad SMARTS) is 1. The third-order valence-corrected chi connectivity index (χ3v) is 16.0. The number of hydrogen-bond donors (Lipinski definition) is 3. The number of amides is 1. The van der Waals surface area contributed by atoms with Crippen LogP contribution >= 0.6 is 0 Å². The van der Waals surface area contributed by atoms with Gasteiger partial charge < -0.3 is 15.5 Å². The van der Waals surface area contributed by atoms with Crippen molar-refractivity contribution in [1.29, 1.82) is 0 Å². The third kappa shape index (κ3) is 5.91. The molecule has 1 amide bonds. The molecule has 5 fully saturated rings. The Morgan fingerprint density at radius 1 is 0.696 bits per heavy atom. The van der Waals surface area contributed by atoms with Gasteiger partial charge in [0, 0.05) is 18.9 Å². The lowest BCUT2D eigenvalue weighted by Gasteiger charge is -2.72. The summed E-state index contributed by atoms with van der Waals surface area (Å²) < 4.78 is 0. The summed E-state index contributed by atoms with van der Waals surface area (Å²) in [6.45, 7) is 14.9. The van der Waals surface area contributed by atoms with E-state index in [1.807, 2.05) is 0 Å². The zero-order chi connectivity index (χ0) is 33.5. The fourth-order valence-corrected chi connectivity index (χ4v) is 13.3. The zero-order valence-electron chi connectivity index (χ0n) is 30.2. The van der Waals surface area contributed by atoms with Crippen LogP contribution in [-0.2, 0) is 14.4 Å². The maximum Gasteiger partial charge on any atom is 0.303 e. The molecule has 0 aromatic carbocycles. The summed E-state index contributed by atoms with van der Waals surface area (Å²) in [5, 5.41) is 23.2. The van der Waals surface area contributed by atoms with Gasteiger partial charge in [-0.1, -0.05) is 73.1 Å². The minimum atomic E-state index is -0.700. The number of ketones is 1. The minimum Gasteiger partial charge on any atom is -0.481 e. The minimum absolute atomic E-state index is 0.00158. The summed E-state index contributed by atoms with van der Waals surface area (Å²) in [5.74, 6) is 1.53. The van der Waals surface area contributed by atoms with Gasteiger partial charge in [-0.2, -0.15) is 0 Å². The second kappa shape index (κ2) is 13.5. The van der Waals surface area contributed by atoms with Crippen LogP contribution in [0.1, 0.15) is 164 Å². The molecule has 5 rings (SSSR count). The lowest BCUT2D eigenvalue weighted by Crippen LogP contribution is -2.67. The highest BCUT2D eigenvalue weighted by Gasteiger charge is 2.72. The van der Waals surface area contributed by atoms with Gasteiger partial charge in [-0.25, -0.2) is 0 Å². The normalized spacial score (nSPS) is 42.7. The Labute approximate surface area is 280 Å². The van der Waals surface area contributed by atoms with Crippen molar-refractivity contribution in [1.82, 2.24) is 5.32 Å². The quantitative estimate of drug-likeness (QED) is 0.175. The van der Waals surface area contributed by atoms with E-state index in [2.05, 4.69) is 39.9 Å². The molecule has 6 heteroatoms. The second-order valence-electron chi connectivity index (χ2n) is 18.2. The number of aliphatic carboxylic acids is 1. The number of Topliss-reactive ketones (excluding diaryl/α,β-unsaturated/α-hetero) is 1. The van der Waals surface area contributed by atoms with Crippen LogP contribution in [0.5, 0.6) is 0 Å². The summed E-state index contributed by atoms with van der Waals surface area (Å²) in [7, 11) is 0. The number of carboxylic acids is 1. The summed E-state index contributed by atoms with van der Waals surface area (Å²) in [5.41, 5.74) is 0.0658. The Morgan fingerprint density at radius 3 is 2.00 bits per heavy atom. The third-order valence-electron chi connectivity index (χ3n) is 16.0. The van der Waals surface area contributed by atoms with Crippen LogP contribution in [-0.4, -0.2) is 40.5 Å². The fourth-order valence-electron chi connectivity index (χ4n) is 13.3. The van der Waals surface area contributed by atoms with E-state index in [-0.39, 0.29) is 57.7 Å². The highest BCUT2D eigenvalue weighted by Crippen LogP contribution is 2.77. The first-order chi connectivity index (χ1) is 21.6. The molecule has 6 nitrogen and oxygen atoms in total. The van der Waals surface area contributed by atoms with Crippen molar-refractivity contribution >= 4 is 17.7 Å². The molecule has 46 heavy (non-hydrogen) atoms. The van der Waals surface area contributed by atoms with E-state index < -0.39 is 11.4 Å². The highest BCUT2D eigenvalue weighted by molar-refractivity contribution is 5.87. The van der Waals surface area contributed by atoms with Gasteiger partial charge >= 0.3 is 5.97 Å². The average molecular weight is 642 g/mol. The first-order valence-electron chi connectivity index (χ1n) is 19.3. The molecule has 10 atom stereocenters. The molecule has 0 saturated heterocycles. The monoisotopic (exact) mass is 642 g/mol. The molecular weight excluding hydrogens is 574 g/mol. The molecule has 5 aliphatic carbocycles. The topological polar surface area (TPSA) is 104 Å². The Bertz CT molecular complexity index is 1130. The van der Waals surface area contributed by atoms with Crippen molar-refractivity contribution in [2.75, 3.05) is 6.54 Å². The molecule has 0 aromatic rings. The maximum absolute atomic E-state index is 14.2. The van der Waals surface area contributed by atoms with Crippen LogP contribution in [0.25, 0.3) is 0 Å². The lowest BCUT2D eigenvalue weighted by molar-refractivity contribution is -0.246. The summed E-state index contributed by atoms with van der Waals surface area (Å²) >= 11 is 0. The molecule has 0 aromatic heterocycles. The molecule has 262 valence electrons. The summed E-state index contributed by atoms with van der Waals surface area (Å²) in [6, 6.07) is 0. The average Bonchev–Trinajstić information content (AvgIpc) is 3.39. The number of aliphatic hydroxyl groups excluding tert-OH is 1. The van der Waals surface area contributed by atoms with Crippen LogP contribution in [0.3, 0.4) is 0 Å². The van der Waals surface area contributed by atoms with E-state index in [0.717, 1.165) is 96.4 Å². The summed E-state index contributed by atoms with van der Waals surface area (Å²) in [6.07, 6.45) is 18.9. The smallest absolute Gasteiger partial charge is 0.303 e. The van der Waals surface area contributed by atoms with E-state index in [1.165, 1.54) is 25.7 Å². The first kappa shape index (κ1) is 35.9. The number of carbonyl (C=O) groups is 3. The van der Waals surface area contributed by atoms with Gasteiger partial charge in [0.05, 0.1) is 11.5 Å². The van der Waals surface area contributed by atoms with Crippen molar-refractivity contribution < 1.29 is 24.6 Å². The Hall–Kier alpha value is -1.43. The molecule has 5 saturated carbocycles. The SMILES string of the molecule is CC(=O)C1CCC2(C(=O)NCCCCCCCCCCC(=O)O)CCC3(C)C(CCC4C5(C)CCC(O)C(C)(C)C5CCC43C)C12. The van der Waals surface area contributed by atoms with E-state index in [4.69, 9.17) is 5.11 Å². The largest absolute Gasteiger partial charge is 0.481 e. The molecule has 0 bridgehead atoms. The van der Waals surface area contributed by atoms with Gasteiger partial charge in [-0.3, -0.25) is 14.4 Å². The number of rotatable bonds is 13. The Balaban J connectivity index is 1.24. The van der Waals surface area contributed by atoms with Gasteiger partial charge in [-0.15, -0.1) is 0 Å². The fraction of sp³-hybridized carbons (Fsp3) is 0.925. The Kier molecular flexibility index (Phi) is 10.5.